The van der Waals surface area contributed by atoms with E-state index in [4.69, 9.17) is 20.6 Å². The topological polar surface area (TPSA) is 255 Å². The van der Waals surface area contributed by atoms with Crippen LogP contribution in [0.1, 0.15) is 6.23 Å². The van der Waals surface area contributed by atoms with Crippen molar-refractivity contribution in [3.05, 3.63) is 18.6 Å². The van der Waals surface area contributed by atoms with E-state index >= 15 is 0 Å². The molecule has 3 heterocycles. The smallest absolute Gasteiger partial charge is 0.387 e. The summed E-state index contributed by atoms with van der Waals surface area (Å²) in [4.78, 5) is 25.9. The van der Waals surface area contributed by atoms with Gasteiger partial charge in [0.05, 0.1) is 11.8 Å². The molecule has 7 N–H and O–H groups in total. The number of nitrogens with zero attached hydrogens (tertiary/aromatic N) is 3. The van der Waals surface area contributed by atoms with Crippen LogP contribution < -0.4 is 5.73 Å². The highest BCUT2D eigenvalue weighted by atomic mass is 31.3. The van der Waals surface area contributed by atoms with Crippen molar-refractivity contribution < 1.29 is 61.5 Å². The molecule has 172 valence electrons. The second-order valence-electron chi connectivity index (χ2n) is 5.96. The number of nitrogens with two attached hydrogens (primary N) is 1. The Kier molecular flexibility index (Phi) is 7.20. The van der Waals surface area contributed by atoms with E-state index in [-0.39, 0.29) is 5.82 Å². The highest BCUT2D eigenvalue weighted by Crippen LogP contribution is 2.63. The molecule has 1 saturated heterocycles. The molecular formula is C11H16N4O13P3+. The molecule has 0 radical (unpaired) electrons. The average molecular weight is 505 g/mol. The van der Waals surface area contributed by atoms with Crippen molar-refractivity contribution in [2.75, 3.05) is 12.3 Å². The van der Waals surface area contributed by atoms with Crippen LogP contribution in [0.3, 0.4) is 0 Å². The first-order chi connectivity index (χ1) is 14.4. The Balaban J connectivity index is 1.63. The van der Waals surface area contributed by atoms with Crippen LogP contribution in [0, 0.1) is 0 Å². The molecule has 0 spiro atoms. The van der Waals surface area contributed by atoms with Gasteiger partial charge in [-0.2, -0.15) is 4.31 Å². The lowest BCUT2D eigenvalue weighted by atomic mass is 10.1. The molecule has 1 fully saturated rings. The van der Waals surface area contributed by atoms with Crippen LogP contribution in [0.25, 0.3) is 11.0 Å². The summed E-state index contributed by atoms with van der Waals surface area (Å²) >= 11 is 0. The standard InChI is InChI=1S/C11H15N4O13P3/c12-10-7-5(1-2-13-10)15(4-14-7)11-9(17)8(16)6(25-11)3-24-29(19)27-31(22,23)28-30(20,21)26-18/h1-2,4,6,8-9,11,16-17H,3H2,(H4-,12,13,18,20,21,22,23)/p+1/t6-,8-,9-,11-/m1/s1. The van der Waals surface area contributed by atoms with Gasteiger partial charge in [-0.3, -0.25) is 4.89 Å². The van der Waals surface area contributed by atoms with Gasteiger partial charge in [0.2, 0.25) is 0 Å². The molecule has 3 unspecified atom stereocenters. The summed E-state index contributed by atoms with van der Waals surface area (Å²) in [6, 6.07) is 1.55. The molecule has 2 aromatic heterocycles. The Morgan fingerprint density at radius 2 is 1.94 bits per heavy atom. The minimum absolute atomic E-state index is 0.132. The number of ether oxygens (including phenoxy) is 1. The number of aliphatic hydroxyl groups excluding tert-OH is 2. The Bertz CT molecular complexity index is 1060. The van der Waals surface area contributed by atoms with Crippen molar-refractivity contribution in [3.63, 3.8) is 0 Å². The zero-order valence-electron chi connectivity index (χ0n) is 15.0. The number of aromatic nitrogens is 3. The largest absolute Gasteiger partial charge is 0.708 e. The molecule has 1 aliphatic rings. The van der Waals surface area contributed by atoms with Gasteiger partial charge in [0.25, 0.3) is 0 Å². The zero-order chi connectivity index (χ0) is 23.0. The van der Waals surface area contributed by atoms with Crippen molar-refractivity contribution in [2.45, 2.75) is 24.5 Å². The summed E-state index contributed by atoms with van der Waals surface area (Å²) in [5, 5.41) is 28.5. The summed E-state index contributed by atoms with van der Waals surface area (Å²) in [7, 11) is -14.2. The molecule has 7 atom stereocenters. The number of nitrogen functional groups attached to an aromatic ring is 1. The number of hydrogen-bond acceptors (Lipinski definition) is 14. The van der Waals surface area contributed by atoms with E-state index < -0.39 is 55.0 Å². The second-order valence-corrected chi connectivity index (χ2v) is 10.0. The predicted molar refractivity (Wildman–Crippen MR) is 97.0 cm³/mol. The summed E-state index contributed by atoms with van der Waals surface area (Å²) < 4.78 is 56.1. The summed E-state index contributed by atoms with van der Waals surface area (Å²) in [6.45, 7) is -0.701. The molecule has 31 heavy (non-hydrogen) atoms. The molecular weight excluding hydrogens is 489 g/mol. The van der Waals surface area contributed by atoms with Crippen molar-refractivity contribution in [1.82, 2.24) is 14.5 Å². The van der Waals surface area contributed by atoms with Crippen LogP contribution in [0.15, 0.2) is 18.6 Å². The highest BCUT2D eigenvalue weighted by Gasteiger charge is 2.48. The quantitative estimate of drug-likeness (QED) is 0.149. The molecule has 3 rings (SSSR count). The summed E-state index contributed by atoms with van der Waals surface area (Å²) in [6.07, 6.45) is -2.74. The van der Waals surface area contributed by atoms with Crippen molar-refractivity contribution in [3.8, 4) is 0 Å². The molecule has 0 aliphatic carbocycles. The van der Waals surface area contributed by atoms with E-state index in [1.165, 1.54) is 17.1 Å². The lowest BCUT2D eigenvalue weighted by molar-refractivity contribution is -0.157. The van der Waals surface area contributed by atoms with Crippen LogP contribution in [-0.2, 0) is 36.3 Å². The minimum Gasteiger partial charge on any atom is -0.387 e. The number of anilines is 1. The van der Waals surface area contributed by atoms with E-state index in [1.807, 2.05) is 0 Å². The van der Waals surface area contributed by atoms with Crippen molar-refractivity contribution in [2.24, 2.45) is 0 Å². The first-order valence-corrected chi connectivity index (χ1v) is 12.1. The number of hydrogen-bond donors (Lipinski definition) is 6. The van der Waals surface area contributed by atoms with Gasteiger partial charge in [-0.25, -0.2) is 24.4 Å². The number of fused-ring (bicyclic) bond motifs is 1. The Hall–Kier alpha value is -1.42. The number of pyridine rings is 1. The fraction of sp³-hybridized carbons (Fsp3) is 0.455. The Labute approximate surface area is 173 Å². The van der Waals surface area contributed by atoms with Crippen LogP contribution in [-0.4, -0.2) is 64.7 Å². The van der Waals surface area contributed by atoms with Gasteiger partial charge < -0.3 is 30.1 Å². The maximum absolute atomic E-state index is 11.7. The highest BCUT2D eigenvalue weighted by molar-refractivity contribution is 7.64. The number of imidazole rings is 1. The normalized spacial score (nSPS) is 28.4. The van der Waals surface area contributed by atoms with Crippen LogP contribution in [0.2, 0.25) is 0 Å². The molecule has 2 aromatic rings. The maximum Gasteiger partial charge on any atom is 0.708 e. The number of phosphoric acid groups is 2. The van der Waals surface area contributed by atoms with Crippen molar-refractivity contribution in [1.29, 1.82) is 0 Å². The van der Waals surface area contributed by atoms with E-state index in [0.29, 0.717) is 11.0 Å². The zero-order valence-corrected chi connectivity index (χ0v) is 17.7. The fourth-order valence-corrected chi connectivity index (χ4v) is 5.37. The SMILES string of the molecule is Nc1nccc2c1ncn2[C@@H]1O[C@H](CO[P+](=O)OP(=O)(O)OP(=O)(O)OO)[C@@H](O)[C@H]1O. The van der Waals surface area contributed by atoms with Gasteiger partial charge >= 0.3 is 23.9 Å². The third kappa shape index (κ3) is 5.50. The number of aliphatic hydroxyl groups is 2. The second kappa shape index (κ2) is 9.21. The third-order valence-electron chi connectivity index (χ3n) is 3.96. The Morgan fingerprint density at radius 1 is 1.23 bits per heavy atom. The molecule has 17 nitrogen and oxygen atoms in total. The van der Waals surface area contributed by atoms with E-state index in [1.54, 1.807) is 6.07 Å². The molecule has 0 aromatic carbocycles. The molecule has 0 amide bonds. The van der Waals surface area contributed by atoms with E-state index in [9.17, 15) is 28.8 Å². The van der Waals surface area contributed by atoms with Crippen molar-refractivity contribution >= 4 is 40.8 Å². The maximum atomic E-state index is 11.7. The van der Waals surface area contributed by atoms with Crippen LogP contribution >= 0.6 is 23.9 Å². The fourth-order valence-electron chi connectivity index (χ4n) is 2.68. The summed E-state index contributed by atoms with van der Waals surface area (Å²) in [5.74, 6) is 0.132. The third-order valence-corrected chi connectivity index (χ3v) is 7.53. The van der Waals surface area contributed by atoms with Gasteiger partial charge in [0.15, 0.2) is 12.0 Å². The molecule has 0 bridgehead atoms. The molecule has 1 aliphatic heterocycles. The molecule has 0 saturated carbocycles. The van der Waals surface area contributed by atoms with Gasteiger partial charge in [-0.05, 0) is 10.4 Å². The first kappa shape index (κ1) is 24.2. The van der Waals surface area contributed by atoms with Crippen LogP contribution in [0.5, 0.6) is 0 Å². The van der Waals surface area contributed by atoms with Gasteiger partial charge in [0.1, 0.15) is 30.4 Å². The monoisotopic (exact) mass is 505 g/mol. The Morgan fingerprint density at radius 3 is 2.61 bits per heavy atom. The minimum atomic E-state index is -5.45. The first-order valence-electron chi connectivity index (χ1n) is 8.02. The number of rotatable bonds is 9. The van der Waals surface area contributed by atoms with Gasteiger partial charge in [-0.15, -0.1) is 9.20 Å². The van der Waals surface area contributed by atoms with E-state index in [0.717, 1.165) is 0 Å². The predicted octanol–water partition coefficient (Wildman–Crippen LogP) is 0.0303. The van der Waals surface area contributed by atoms with Gasteiger partial charge in [-0.1, -0.05) is 0 Å². The molecule has 20 heteroatoms. The van der Waals surface area contributed by atoms with Gasteiger partial charge in [0, 0.05) is 10.8 Å². The lowest BCUT2D eigenvalue weighted by Crippen LogP contribution is -2.33. The average Bonchev–Trinajstić information content (AvgIpc) is 3.22. The lowest BCUT2D eigenvalue weighted by Gasteiger charge is -2.16. The van der Waals surface area contributed by atoms with Crippen LogP contribution in [0.4, 0.5) is 5.82 Å². The summed E-state index contributed by atoms with van der Waals surface area (Å²) in [5.41, 5.74) is 6.49. The van der Waals surface area contributed by atoms with E-state index in [2.05, 4.69) is 27.8 Å².